The van der Waals surface area contributed by atoms with Crippen LogP contribution in [-0.2, 0) is 0 Å². The molecule has 0 amide bonds. The summed E-state index contributed by atoms with van der Waals surface area (Å²) in [6.45, 7) is 0. The van der Waals surface area contributed by atoms with Crippen molar-refractivity contribution in [3.63, 3.8) is 0 Å². The molecular formula is C15H11N3. The Morgan fingerprint density at radius 3 is 1.83 bits per heavy atom. The summed E-state index contributed by atoms with van der Waals surface area (Å²) >= 11 is 0. The number of azide groups is 1. The van der Waals surface area contributed by atoms with Crippen molar-refractivity contribution < 1.29 is 0 Å². The summed E-state index contributed by atoms with van der Waals surface area (Å²) < 4.78 is 0. The minimum atomic E-state index is -0.252. The molecule has 0 N–H and O–H groups in total. The van der Waals surface area contributed by atoms with Gasteiger partial charge in [0.05, 0.1) is 6.04 Å². The van der Waals surface area contributed by atoms with E-state index in [0.717, 1.165) is 22.3 Å². The zero-order valence-electron chi connectivity index (χ0n) is 9.69. The first-order chi connectivity index (χ1) is 8.90. The highest BCUT2D eigenvalue weighted by atomic mass is 15.1. The number of fused-ring (bicyclic) bond motifs is 2. The highest BCUT2D eigenvalue weighted by Crippen LogP contribution is 2.35. The summed E-state index contributed by atoms with van der Waals surface area (Å²) in [6.07, 6.45) is 4.14. The molecule has 86 valence electrons. The fraction of sp³-hybridized carbons (Fsp3) is 0.0667. The third-order valence-electron chi connectivity index (χ3n) is 3.19. The van der Waals surface area contributed by atoms with Gasteiger partial charge in [-0.15, -0.1) is 0 Å². The molecule has 2 aromatic rings. The molecule has 2 aromatic carbocycles. The average molecular weight is 233 g/mol. The summed E-state index contributed by atoms with van der Waals surface area (Å²) in [5.74, 6) is 0. The Hall–Kier alpha value is -2.51. The van der Waals surface area contributed by atoms with Crippen molar-refractivity contribution in [2.75, 3.05) is 0 Å². The largest absolute Gasteiger partial charge is 0.0887 e. The lowest BCUT2D eigenvalue weighted by atomic mass is 9.95. The van der Waals surface area contributed by atoms with E-state index in [1.165, 1.54) is 0 Å². The Morgan fingerprint density at radius 1 is 0.833 bits per heavy atom. The van der Waals surface area contributed by atoms with E-state index in [9.17, 15) is 0 Å². The molecular weight excluding hydrogens is 222 g/mol. The molecule has 18 heavy (non-hydrogen) atoms. The van der Waals surface area contributed by atoms with Gasteiger partial charge in [0, 0.05) is 4.91 Å². The van der Waals surface area contributed by atoms with Crippen LogP contribution in [0.15, 0.2) is 53.6 Å². The van der Waals surface area contributed by atoms with E-state index in [4.69, 9.17) is 5.53 Å². The highest BCUT2D eigenvalue weighted by Gasteiger charge is 2.19. The van der Waals surface area contributed by atoms with Gasteiger partial charge in [0.1, 0.15) is 0 Å². The third-order valence-corrected chi connectivity index (χ3v) is 3.19. The SMILES string of the molecule is [N-]=[N+]=NC1c2ccccc2C=Cc2ccccc21. The summed E-state index contributed by atoms with van der Waals surface area (Å²) in [5, 5.41) is 3.97. The zero-order valence-corrected chi connectivity index (χ0v) is 9.69. The second-order valence-corrected chi connectivity index (χ2v) is 4.20. The molecule has 0 saturated carbocycles. The van der Waals surface area contributed by atoms with Gasteiger partial charge in [-0.1, -0.05) is 65.8 Å². The molecule has 0 fully saturated rings. The van der Waals surface area contributed by atoms with Crippen LogP contribution in [0.4, 0.5) is 0 Å². The van der Waals surface area contributed by atoms with Gasteiger partial charge in [-0.25, -0.2) is 0 Å². The molecule has 0 saturated heterocycles. The second-order valence-electron chi connectivity index (χ2n) is 4.20. The minimum Gasteiger partial charge on any atom is -0.0811 e. The Labute approximate surface area is 105 Å². The van der Waals surface area contributed by atoms with Crippen LogP contribution in [0.25, 0.3) is 22.6 Å². The van der Waals surface area contributed by atoms with Crippen LogP contribution < -0.4 is 0 Å². The average Bonchev–Trinajstić information content (AvgIpc) is 2.58. The van der Waals surface area contributed by atoms with Gasteiger partial charge in [-0.05, 0) is 27.8 Å². The van der Waals surface area contributed by atoms with Gasteiger partial charge in [-0.2, -0.15) is 0 Å². The van der Waals surface area contributed by atoms with Gasteiger partial charge in [0.2, 0.25) is 0 Å². The maximum atomic E-state index is 8.80. The summed E-state index contributed by atoms with van der Waals surface area (Å²) in [7, 11) is 0. The van der Waals surface area contributed by atoms with Crippen LogP contribution in [0.2, 0.25) is 0 Å². The minimum absolute atomic E-state index is 0.252. The van der Waals surface area contributed by atoms with Crippen molar-refractivity contribution in [3.8, 4) is 0 Å². The van der Waals surface area contributed by atoms with Gasteiger partial charge < -0.3 is 0 Å². The highest BCUT2D eigenvalue weighted by molar-refractivity contribution is 5.76. The molecule has 0 spiro atoms. The first-order valence-corrected chi connectivity index (χ1v) is 5.80. The standard InChI is InChI=1S/C15H11N3/c16-18-17-15-13-7-3-1-5-11(13)9-10-12-6-2-4-8-14(12)15/h1-10,15H. The quantitative estimate of drug-likeness (QED) is 0.393. The molecule has 0 atom stereocenters. The molecule has 3 heteroatoms. The monoisotopic (exact) mass is 233 g/mol. The van der Waals surface area contributed by atoms with E-state index in [1.54, 1.807) is 0 Å². The Balaban J connectivity index is 2.30. The lowest BCUT2D eigenvalue weighted by Gasteiger charge is -2.14. The zero-order chi connectivity index (χ0) is 12.4. The van der Waals surface area contributed by atoms with Gasteiger partial charge >= 0.3 is 0 Å². The summed E-state index contributed by atoms with van der Waals surface area (Å²) in [5.41, 5.74) is 13.1. The smallest absolute Gasteiger partial charge is 0.0811 e. The Bertz CT molecular complexity index is 617. The van der Waals surface area contributed by atoms with Gasteiger partial charge in [0.15, 0.2) is 0 Å². The lowest BCUT2D eigenvalue weighted by molar-refractivity contribution is 0.857. The maximum absolute atomic E-state index is 8.80. The van der Waals surface area contributed by atoms with Crippen LogP contribution in [0.3, 0.4) is 0 Å². The van der Waals surface area contributed by atoms with Crippen LogP contribution in [0.5, 0.6) is 0 Å². The van der Waals surface area contributed by atoms with E-state index in [0.29, 0.717) is 0 Å². The summed E-state index contributed by atoms with van der Waals surface area (Å²) in [4.78, 5) is 3.00. The molecule has 0 aromatic heterocycles. The molecule has 0 bridgehead atoms. The molecule has 0 heterocycles. The topological polar surface area (TPSA) is 48.8 Å². The van der Waals surface area contributed by atoms with E-state index >= 15 is 0 Å². The van der Waals surface area contributed by atoms with Crippen molar-refractivity contribution in [2.24, 2.45) is 5.11 Å². The Kier molecular flexibility index (Phi) is 2.60. The molecule has 0 aliphatic heterocycles. The van der Waals surface area contributed by atoms with Gasteiger partial charge in [0.25, 0.3) is 0 Å². The first kappa shape index (κ1) is 10.6. The molecule has 3 rings (SSSR count). The lowest BCUT2D eigenvalue weighted by Crippen LogP contribution is -1.99. The molecule has 0 radical (unpaired) electrons. The first-order valence-electron chi connectivity index (χ1n) is 5.80. The fourth-order valence-electron chi connectivity index (χ4n) is 2.35. The van der Waals surface area contributed by atoms with Crippen LogP contribution in [0, 0.1) is 0 Å². The number of hydrogen-bond acceptors (Lipinski definition) is 1. The van der Waals surface area contributed by atoms with Crippen molar-refractivity contribution in [1.82, 2.24) is 0 Å². The third kappa shape index (κ3) is 1.67. The van der Waals surface area contributed by atoms with E-state index in [-0.39, 0.29) is 6.04 Å². The second kappa shape index (κ2) is 4.40. The molecule has 3 nitrogen and oxygen atoms in total. The van der Waals surface area contributed by atoms with Crippen molar-refractivity contribution in [3.05, 3.63) is 81.2 Å². The van der Waals surface area contributed by atoms with E-state index in [2.05, 4.69) is 22.2 Å². The molecule has 0 unspecified atom stereocenters. The number of nitrogens with zero attached hydrogens (tertiary/aromatic N) is 3. The van der Waals surface area contributed by atoms with E-state index < -0.39 is 0 Å². The van der Waals surface area contributed by atoms with Gasteiger partial charge in [-0.3, -0.25) is 0 Å². The number of rotatable bonds is 1. The van der Waals surface area contributed by atoms with Crippen molar-refractivity contribution >= 4 is 12.2 Å². The van der Waals surface area contributed by atoms with Crippen LogP contribution in [-0.4, -0.2) is 0 Å². The van der Waals surface area contributed by atoms with Crippen molar-refractivity contribution in [2.45, 2.75) is 6.04 Å². The predicted molar refractivity (Wildman–Crippen MR) is 72.8 cm³/mol. The van der Waals surface area contributed by atoms with Crippen LogP contribution >= 0.6 is 0 Å². The maximum Gasteiger partial charge on any atom is 0.0887 e. The number of hydrogen-bond donors (Lipinski definition) is 0. The van der Waals surface area contributed by atoms with Crippen LogP contribution in [0.1, 0.15) is 28.3 Å². The Morgan fingerprint density at radius 2 is 1.33 bits per heavy atom. The number of benzene rings is 2. The normalized spacial score (nSPS) is 13.1. The van der Waals surface area contributed by atoms with E-state index in [1.807, 2.05) is 48.5 Å². The summed E-state index contributed by atoms with van der Waals surface area (Å²) in [6, 6.07) is 15.8. The fourth-order valence-corrected chi connectivity index (χ4v) is 2.35. The van der Waals surface area contributed by atoms with Crippen molar-refractivity contribution in [1.29, 1.82) is 0 Å². The predicted octanol–water partition coefficient (Wildman–Crippen LogP) is 4.57. The molecule has 1 aliphatic rings. The molecule has 1 aliphatic carbocycles.